The summed E-state index contributed by atoms with van der Waals surface area (Å²) in [5.74, 6) is 0.331. The lowest BCUT2D eigenvalue weighted by Crippen LogP contribution is -2.66. The summed E-state index contributed by atoms with van der Waals surface area (Å²) in [6, 6.07) is 3.92. The van der Waals surface area contributed by atoms with Gasteiger partial charge in [-0.2, -0.15) is 0 Å². The van der Waals surface area contributed by atoms with E-state index in [-0.39, 0.29) is 11.5 Å². The summed E-state index contributed by atoms with van der Waals surface area (Å²) in [5.41, 5.74) is 1.42. The van der Waals surface area contributed by atoms with E-state index in [1.807, 2.05) is 29.3 Å². The second-order valence-electron chi connectivity index (χ2n) is 6.68. The molecule has 4 rings (SSSR count). The van der Waals surface area contributed by atoms with E-state index in [0.29, 0.717) is 37.9 Å². The van der Waals surface area contributed by atoms with E-state index < -0.39 is 0 Å². The lowest BCUT2D eigenvalue weighted by molar-refractivity contribution is -0.129. The second kappa shape index (κ2) is 6.82. The zero-order valence-electron chi connectivity index (χ0n) is 14.2. The standard InChI is InChI=1S/C18H21N3O3S/c1-13-20-16(10-25-13)17(22)21-11-18(12-21)15(4-7-24-18)9-23-8-14-2-5-19-6-3-14/h2-3,5-6,10,15H,4,7-9,11-12H2,1H3/t15-/m1/s1. The Labute approximate surface area is 150 Å². The maximum Gasteiger partial charge on any atom is 0.273 e. The number of pyridine rings is 1. The van der Waals surface area contributed by atoms with Gasteiger partial charge in [-0.25, -0.2) is 4.98 Å². The molecule has 1 spiro atoms. The van der Waals surface area contributed by atoms with Crippen molar-refractivity contribution in [3.63, 3.8) is 0 Å². The molecule has 2 aliphatic heterocycles. The number of amides is 1. The molecule has 1 atom stereocenters. The van der Waals surface area contributed by atoms with Crippen LogP contribution in [0.1, 0.15) is 27.5 Å². The third kappa shape index (κ3) is 3.31. The largest absolute Gasteiger partial charge is 0.376 e. The fourth-order valence-electron chi connectivity index (χ4n) is 3.54. The number of thiazole rings is 1. The van der Waals surface area contributed by atoms with Crippen molar-refractivity contribution in [1.82, 2.24) is 14.9 Å². The van der Waals surface area contributed by atoms with E-state index in [2.05, 4.69) is 9.97 Å². The maximum atomic E-state index is 12.5. The van der Waals surface area contributed by atoms with Gasteiger partial charge in [0.15, 0.2) is 0 Å². The van der Waals surface area contributed by atoms with Crippen molar-refractivity contribution >= 4 is 17.2 Å². The topological polar surface area (TPSA) is 64.6 Å². The van der Waals surface area contributed by atoms with Crippen LogP contribution in [0.15, 0.2) is 29.9 Å². The van der Waals surface area contributed by atoms with E-state index in [1.165, 1.54) is 11.3 Å². The summed E-state index contributed by atoms with van der Waals surface area (Å²) in [5, 5.41) is 2.74. The number of carbonyl (C=O) groups excluding carboxylic acids is 1. The highest BCUT2D eigenvalue weighted by Gasteiger charge is 2.54. The molecule has 0 aliphatic carbocycles. The molecule has 2 aromatic rings. The van der Waals surface area contributed by atoms with Crippen molar-refractivity contribution in [3.8, 4) is 0 Å². The first-order chi connectivity index (χ1) is 12.2. The number of rotatable bonds is 5. The van der Waals surface area contributed by atoms with Crippen LogP contribution in [0, 0.1) is 12.8 Å². The Bertz CT molecular complexity index is 743. The number of hydrogen-bond acceptors (Lipinski definition) is 6. The SMILES string of the molecule is Cc1nc(C(=O)N2CC3(C2)OCC[C@@H]3COCc2ccncc2)cs1. The summed E-state index contributed by atoms with van der Waals surface area (Å²) in [6.07, 6.45) is 4.52. The summed E-state index contributed by atoms with van der Waals surface area (Å²) in [4.78, 5) is 22.6. The minimum Gasteiger partial charge on any atom is -0.376 e. The van der Waals surface area contributed by atoms with Crippen LogP contribution in [0.2, 0.25) is 0 Å². The number of aromatic nitrogens is 2. The van der Waals surface area contributed by atoms with Gasteiger partial charge in [0.2, 0.25) is 0 Å². The monoisotopic (exact) mass is 359 g/mol. The van der Waals surface area contributed by atoms with Crippen LogP contribution in [0.3, 0.4) is 0 Å². The van der Waals surface area contributed by atoms with Crippen molar-refractivity contribution in [2.75, 3.05) is 26.3 Å². The first-order valence-corrected chi connectivity index (χ1v) is 9.36. The molecular weight excluding hydrogens is 338 g/mol. The molecule has 2 fully saturated rings. The van der Waals surface area contributed by atoms with Crippen LogP contribution < -0.4 is 0 Å². The molecule has 0 bridgehead atoms. The smallest absolute Gasteiger partial charge is 0.273 e. The molecule has 0 radical (unpaired) electrons. The van der Waals surface area contributed by atoms with Crippen LogP contribution in [0.4, 0.5) is 0 Å². The molecule has 7 heteroatoms. The highest BCUT2D eigenvalue weighted by atomic mass is 32.1. The quantitative estimate of drug-likeness (QED) is 0.820. The van der Waals surface area contributed by atoms with Gasteiger partial charge < -0.3 is 14.4 Å². The molecule has 0 N–H and O–H groups in total. The summed E-state index contributed by atoms with van der Waals surface area (Å²) in [6.45, 7) is 5.14. The number of likely N-dealkylation sites (tertiary alicyclic amines) is 1. The van der Waals surface area contributed by atoms with Crippen molar-refractivity contribution in [3.05, 3.63) is 46.2 Å². The van der Waals surface area contributed by atoms with Gasteiger partial charge in [0.05, 0.1) is 31.3 Å². The van der Waals surface area contributed by atoms with Gasteiger partial charge in [0.25, 0.3) is 5.91 Å². The number of hydrogen-bond donors (Lipinski definition) is 0. The predicted molar refractivity (Wildman–Crippen MR) is 93.4 cm³/mol. The fraction of sp³-hybridized carbons (Fsp3) is 0.500. The van der Waals surface area contributed by atoms with Crippen LogP contribution >= 0.6 is 11.3 Å². The van der Waals surface area contributed by atoms with Crippen LogP contribution in [-0.4, -0.2) is 52.7 Å². The third-order valence-electron chi connectivity index (χ3n) is 4.98. The third-order valence-corrected chi connectivity index (χ3v) is 5.75. The minimum absolute atomic E-state index is 0.00179. The van der Waals surface area contributed by atoms with Crippen LogP contribution in [-0.2, 0) is 16.1 Å². The molecule has 2 saturated heterocycles. The fourth-order valence-corrected chi connectivity index (χ4v) is 4.12. The number of nitrogens with zero attached hydrogens (tertiary/aromatic N) is 3. The average Bonchev–Trinajstić information content (AvgIpc) is 3.20. The van der Waals surface area contributed by atoms with Crippen LogP contribution in [0.25, 0.3) is 0 Å². The molecule has 132 valence electrons. The molecule has 0 unspecified atom stereocenters. The zero-order valence-corrected chi connectivity index (χ0v) is 15.0. The summed E-state index contributed by atoms with van der Waals surface area (Å²) in [7, 11) is 0. The van der Waals surface area contributed by atoms with Crippen molar-refractivity contribution in [2.24, 2.45) is 5.92 Å². The predicted octanol–water partition coefficient (Wildman–Crippen LogP) is 2.29. The van der Waals surface area contributed by atoms with E-state index >= 15 is 0 Å². The van der Waals surface area contributed by atoms with Gasteiger partial charge >= 0.3 is 0 Å². The number of carbonyl (C=O) groups is 1. The maximum absolute atomic E-state index is 12.5. The molecule has 0 aromatic carbocycles. The van der Waals surface area contributed by atoms with E-state index in [9.17, 15) is 4.79 Å². The lowest BCUT2D eigenvalue weighted by Gasteiger charge is -2.49. The van der Waals surface area contributed by atoms with E-state index in [0.717, 1.165) is 23.6 Å². The van der Waals surface area contributed by atoms with Crippen molar-refractivity contribution < 1.29 is 14.3 Å². The summed E-state index contributed by atoms with van der Waals surface area (Å²) >= 11 is 1.50. The molecule has 4 heterocycles. The Kier molecular flexibility index (Phi) is 4.54. The van der Waals surface area contributed by atoms with Gasteiger partial charge in [0, 0.05) is 30.3 Å². The summed E-state index contributed by atoms with van der Waals surface area (Å²) < 4.78 is 11.9. The molecule has 0 saturated carbocycles. The average molecular weight is 359 g/mol. The lowest BCUT2D eigenvalue weighted by atomic mass is 9.81. The van der Waals surface area contributed by atoms with Gasteiger partial charge in [-0.15, -0.1) is 11.3 Å². The second-order valence-corrected chi connectivity index (χ2v) is 7.74. The number of aryl methyl sites for hydroxylation is 1. The van der Waals surface area contributed by atoms with E-state index in [4.69, 9.17) is 9.47 Å². The molecular formula is C18H21N3O3S. The molecule has 25 heavy (non-hydrogen) atoms. The molecule has 6 nitrogen and oxygen atoms in total. The Morgan fingerprint density at radius 2 is 2.24 bits per heavy atom. The normalized spacial score (nSPS) is 21.5. The zero-order chi connectivity index (χ0) is 17.3. The molecule has 2 aromatic heterocycles. The first kappa shape index (κ1) is 16.6. The first-order valence-electron chi connectivity index (χ1n) is 8.48. The van der Waals surface area contributed by atoms with Gasteiger partial charge in [-0.1, -0.05) is 0 Å². The van der Waals surface area contributed by atoms with Gasteiger partial charge in [-0.3, -0.25) is 9.78 Å². The Balaban J connectivity index is 1.31. The highest BCUT2D eigenvalue weighted by Crippen LogP contribution is 2.40. The Morgan fingerprint density at radius 1 is 1.44 bits per heavy atom. The Morgan fingerprint density at radius 3 is 2.96 bits per heavy atom. The van der Waals surface area contributed by atoms with Crippen molar-refractivity contribution in [1.29, 1.82) is 0 Å². The highest BCUT2D eigenvalue weighted by molar-refractivity contribution is 7.09. The number of ether oxygens (including phenoxy) is 2. The van der Waals surface area contributed by atoms with Crippen molar-refractivity contribution in [2.45, 2.75) is 25.6 Å². The van der Waals surface area contributed by atoms with Gasteiger partial charge in [-0.05, 0) is 31.0 Å². The minimum atomic E-state index is -0.237. The molecule has 1 amide bonds. The van der Waals surface area contributed by atoms with Gasteiger partial charge in [0.1, 0.15) is 11.3 Å². The molecule has 2 aliphatic rings. The van der Waals surface area contributed by atoms with E-state index in [1.54, 1.807) is 12.4 Å². The van der Waals surface area contributed by atoms with Crippen LogP contribution in [0.5, 0.6) is 0 Å². The Hall–Kier alpha value is -1.83.